The molecule has 0 saturated heterocycles. The van der Waals surface area contributed by atoms with Crippen molar-refractivity contribution >= 4 is 21.7 Å². The van der Waals surface area contributed by atoms with Gasteiger partial charge in [-0.15, -0.1) is 0 Å². The second kappa shape index (κ2) is 7.86. The maximum absolute atomic E-state index is 11.8. The van der Waals surface area contributed by atoms with Gasteiger partial charge in [0.15, 0.2) is 0 Å². The molecule has 0 amide bonds. The number of para-hydroxylation sites is 1. The van der Waals surface area contributed by atoms with Crippen LogP contribution >= 0.6 is 0 Å². The van der Waals surface area contributed by atoms with E-state index in [-0.39, 0.29) is 10.9 Å². The molecule has 1 aromatic carbocycles. The second-order valence-electron chi connectivity index (χ2n) is 4.04. The van der Waals surface area contributed by atoms with E-state index in [9.17, 15) is 13.2 Å². The van der Waals surface area contributed by atoms with E-state index in [4.69, 9.17) is 4.74 Å². The summed E-state index contributed by atoms with van der Waals surface area (Å²) in [6, 6.07) is 6.63. The van der Waals surface area contributed by atoms with Crippen LogP contribution in [0, 0.1) is 0 Å². The molecule has 0 aliphatic carbocycles. The summed E-state index contributed by atoms with van der Waals surface area (Å²) in [7, 11) is -2.13. The average molecular weight is 300 g/mol. The molecule has 0 unspecified atom stereocenters. The first-order chi connectivity index (χ1) is 9.51. The number of rotatable bonds is 8. The topological polar surface area (TPSA) is 84.5 Å². The van der Waals surface area contributed by atoms with Crippen molar-refractivity contribution in [3.63, 3.8) is 0 Å². The minimum atomic E-state index is -3.50. The zero-order valence-electron chi connectivity index (χ0n) is 11.7. The van der Waals surface area contributed by atoms with Crippen LogP contribution in [0.3, 0.4) is 0 Å². The van der Waals surface area contributed by atoms with Crippen molar-refractivity contribution in [3.05, 3.63) is 24.3 Å². The smallest absolute Gasteiger partial charge is 0.305 e. The monoisotopic (exact) mass is 300 g/mol. The third-order valence-electron chi connectivity index (χ3n) is 2.62. The molecule has 0 spiro atoms. The quantitative estimate of drug-likeness (QED) is 0.559. The van der Waals surface area contributed by atoms with Gasteiger partial charge in [0.2, 0.25) is 10.0 Å². The number of carbonyl (C=O) groups is 1. The van der Waals surface area contributed by atoms with Gasteiger partial charge in [-0.05, 0) is 32.5 Å². The first-order valence-electron chi connectivity index (χ1n) is 6.43. The number of nitrogens with one attached hydrogen (secondary N) is 2. The third-order valence-corrected chi connectivity index (χ3v) is 4.10. The normalized spacial score (nSPS) is 11.1. The molecule has 6 nitrogen and oxygen atoms in total. The van der Waals surface area contributed by atoms with Gasteiger partial charge in [0.25, 0.3) is 0 Å². The summed E-state index contributed by atoms with van der Waals surface area (Å²) in [6.07, 6.45) is 0.883. The highest BCUT2D eigenvalue weighted by molar-refractivity contribution is 7.89. The van der Waals surface area contributed by atoms with E-state index in [1.807, 2.05) is 0 Å². The minimum Gasteiger partial charge on any atom is -0.466 e. The second-order valence-corrected chi connectivity index (χ2v) is 5.89. The highest BCUT2D eigenvalue weighted by Crippen LogP contribution is 2.20. The molecule has 7 heteroatoms. The molecule has 0 aliphatic heterocycles. The number of esters is 1. The van der Waals surface area contributed by atoms with Gasteiger partial charge in [0.1, 0.15) is 4.90 Å². The molecule has 0 aliphatic rings. The number of carbonyl (C=O) groups excluding carboxylic acids is 1. The lowest BCUT2D eigenvalue weighted by molar-refractivity contribution is -0.143. The van der Waals surface area contributed by atoms with Crippen molar-refractivity contribution in [2.75, 3.05) is 25.5 Å². The van der Waals surface area contributed by atoms with Gasteiger partial charge in [0, 0.05) is 13.0 Å². The average Bonchev–Trinajstić information content (AvgIpc) is 2.44. The van der Waals surface area contributed by atoms with Gasteiger partial charge < -0.3 is 10.1 Å². The molecule has 0 atom stereocenters. The number of ether oxygens (including phenoxy) is 1. The Morgan fingerprint density at radius 1 is 1.30 bits per heavy atom. The Labute approximate surface area is 119 Å². The van der Waals surface area contributed by atoms with Gasteiger partial charge in [-0.2, -0.15) is 0 Å². The van der Waals surface area contributed by atoms with Gasteiger partial charge in [-0.25, -0.2) is 13.1 Å². The van der Waals surface area contributed by atoms with Gasteiger partial charge in [-0.3, -0.25) is 4.79 Å². The zero-order valence-corrected chi connectivity index (χ0v) is 12.5. The highest BCUT2D eigenvalue weighted by atomic mass is 32.2. The van der Waals surface area contributed by atoms with Crippen molar-refractivity contribution < 1.29 is 17.9 Å². The molecule has 1 aromatic rings. The first kappa shape index (κ1) is 16.5. The molecule has 1 rings (SSSR count). The predicted molar refractivity (Wildman–Crippen MR) is 77.0 cm³/mol. The van der Waals surface area contributed by atoms with Crippen LogP contribution in [0.5, 0.6) is 0 Å². The van der Waals surface area contributed by atoms with E-state index in [1.54, 1.807) is 25.1 Å². The fraction of sp³-hybridized carbons (Fsp3) is 0.462. The van der Waals surface area contributed by atoms with Crippen molar-refractivity contribution in [2.24, 2.45) is 0 Å². The standard InChI is InChI=1S/C13H20N2O4S/c1-3-19-13(16)9-6-10-15-11-7-4-5-8-12(11)20(17,18)14-2/h4-5,7-8,14-15H,3,6,9-10H2,1-2H3. The molecule has 0 bridgehead atoms. The third kappa shape index (κ3) is 4.82. The number of anilines is 1. The number of sulfonamides is 1. The molecular formula is C13H20N2O4S. The first-order valence-corrected chi connectivity index (χ1v) is 7.91. The maximum Gasteiger partial charge on any atom is 0.305 e. The fourth-order valence-corrected chi connectivity index (χ4v) is 2.55. The molecule has 0 fully saturated rings. The number of benzene rings is 1. The molecule has 0 aromatic heterocycles. The molecule has 0 radical (unpaired) electrons. The lowest BCUT2D eigenvalue weighted by Crippen LogP contribution is -2.20. The minimum absolute atomic E-state index is 0.193. The van der Waals surface area contributed by atoms with Gasteiger partial charge in [-0.1, -0.05) is 12.1 Å². The molecule has 0 saturated carbocycles. The Hall–Kier alpha value is -1.60. The van der Waals surface area contributed by atoms with E-state index in [2.05, 4.69) is 10.0 Å². The van der Waals surface area contributed by atoms with Crippen molar-refractivity contribution in [1.82, 2.24) is 4.72 Å². The van der Waals surface area contributed by atoms with Crippen LogP contribution < -0.4 is 10.0 Å². The van der Waals surface area contributed by atoms with Crippen LogP contribution in [0.15, 0.2) is 29.2 Å². The highest BCUT2D eigenvalue weighted by Gasteiger charge is 2.15. The summed E-state index contributed by atoms with van der Waals surface area (Å²) in [4.78, 5) is 11.4. The molecular weight excluding hydrogens is 280 g/mol. The van der Waals surface area contributed by atoms with Crippen molar-refractivity contribution in [2.45, 2.75) is 24.7 Å². The largest absolute Gasteiger partial charge is 0.466 e. The Morgan fingerprint density at radius 2 is 2.00 bits per heavy atom. The zero-order chi connectivity index (χ0) is 15.0. The molecule has 0 heterocycles. The van der Waals surface area contributed by atoms with Crippen LogP contribution in [0.4, 0.5) is 5.69 Å². The molecule has 2 N–H and O–H groups in total. The Kier molecular flexibility index (Phi) is 6.47. The van der Waals surface area contributed by atoms with Gasteiger partial charge >= 0.3 is 5.97 Å². The Balaban J connectivity index is 2.59. The van der Waals surface area contributed by atoms with E-state index < -0.39 is 10.0 Å². The van der Waals surface area contributed by atoms with E-state index in [0.717, 1.165) is 0 Å². The fourth-order valence-electron chi connectivity index (χ4n) is 1.65. The number of hydrogen-bond donors (Lipinski definition) is 2. The molecule has 20 heavy (non-hydrogen) atoms. The summed E-state index contributed by atoms with van der Waals surface area (Å²) in [5, 5.41) is 3.02. The van der Waals surface area contributed by atoms with Crippen LogP contribution in [-0.2, 0) is 19.6 Å². The summed E-state index contributed by atoms with van der Waals surface area (Å²) in [5.41, 5.74) is 0.519. The summed E-state index contributed by atoms with van der Waals surface area (Å²) < 4.78 is 30.7. The number of hydrogen-bond acceptors (Lipinski definition) is 5. The summed E-state index contributed by atoms with van der Waals surface area (Å²) in [6.45, 7) is 2.62. The summed E-state index contributed by atoms with van der Waals surface area (Å²) in [5.74, 6) is -0.245. The van der Waals surface area contributed by atoms with Crippen LogP contribution in [-0.4, -0.2) is 34.6 Å². The maximum atomic E-state index is 11.8. The Bertz CT molecular complexity index is 543. The molecule has 112 valence electrons. The lowest BCUT2D eigenvalue weighted by Gasteiger charge is -2.11. The Morgan fingerprint density at radius 3 is 2.65 bits per heavy atom. The van der Waals surface area contributed by atoms with E-state index in [0.29, 0.717) is 31.7 Å². The van der Waals surface area contributed by atoms with E-state index >= 15 is 0 Å². The lowest BCUT2D eigenvalue weighted by atomic mass is 10.3. The van der Waals surface area contributed by atoms with Crippen molar-refractivity contribution in [3.8, 4) is 0 Å². The predicted octanol–water partition coefficient (Wildman–Crippen LogP) is 1.35. The van der Waals surface area contributed by atoms with Crippen LogP contribution in [0.1, 0.15) is 19.8 Å². The van der Waals surface area contributed by atoms with Crippen LogP contribution in [0.2, 0.25) is 0 Å². The van der Waals surface area contributed by atoms with Crippen LogP contribution in [0.25, 0.3) is 0 Å². The van der Waals surface area contributed by atoms with Gasteiger partial charge in [0.05, 0.1) is 12.3 Å². The van der Waals surface area contributed by atoms with E-state index in [1.165, 1.54) is 13.1 Å². The SMILES string of the molecule is CCOC(=O)CCCNc1ccccc1S(=O)(=O)NC. The van der Waals surface area contributed by atoms with Crippen molar-refractivity contribution in [1.29, 1.82) is 0 Å². The summed E-state index contributed by atoms with van der Waals surface area (Å²) >= 11 is 0.